The molecule has 4 N–H and O–H groups in total. The standard InChI is InChI=1S/C10H21NO3/c1-2-3-4-5-6-7-8(12)9(13)10(14)11-7/h7-14H,2-6H2,1H3/t7-,8-,9+,10-/m1/s1. The van der Waals surface area contributed by atoms with E-state index < -0.39 is 18.4 Å². The maximum Gasteiger partial charge on any atom is 0.134 e. The molecule has 0 bridgehead atoms. The highest BCUT2D eigenvalue weighted by atomic mass is 16.4. The lowest BCUT2D eigenvalue weighted by Crippen LogP contribution is -2.32. The first-order valence-corrected chi connectivity index (χ1v) is 5.47. The van der Waals surface area contributed by atoms with E-state index in [4.69, 9.17) is 0 Å². The zero-order valence-electron chi connectivity index (χ0n) is 8.69. The fraction of sp³-hybridized carbons (Fsp3) is 1.00. The Kier molecular flexibility index (Phi) is 4.81. The second-order valence-corrected chi connectivity index (χ2v) is 4.05. The van der Waals surface area contributed by atoms with E-state index in [1.54, 1.807) is 0 Å². The highest BCUT2D eigenvalue weighted by molar-refractivity contribution is 4.92. The third kappa shape index (κ3) is 2.92. The number of aliphatic hydroxyl groups excluding tert-OH is 3. The molecule has 0 radical (unpaired) electrons. The molecule has 1 aliphatic rings. The summed E-state index contributed by atoms with van der Waals surface area (Å²) in [6.45, 7) is 2.15. The molecule has 84 valence electrons. The molecule has 1 saturated heterocycles. The van der Waals surface area contributed by atoms with E-state index in [0.29, 0.717) is 0 Å². The number of rotatable bonds is 5. The van der Waals surface area contributed by atoms with Gasteiger partial charge in [-0.3, -0.25) is 5.32 Å². The van der Waals surface area contributed by atoms with E-state index in [1.807, 2.05) is 0 Å². The first-order valence-electron chi connectivity index (χ1n) is 5.47. The van der Waals surface area contributed by atoms with Crippen LogP contribution in [-0.4, -0.2) is 39.8 Å². The SMILES string of the molecule is CCCCCC[C@H]1N[C@H](O)[C@@H](O)[C@@H]1O. The number of unbranched alkanes of at least 4 members (excludes halogenated alkanes) is 3. The third-order valence-corrected chi connectivity index (χ3v) is 2.84. The van der Waals surface area contributed by atoms with Crippen LogP contribution in [0.3, 0.4) is 0 Å². The molecule has 0 amide bonds. The fourth-order valence-electron chi connectivity index (χ4n) is 1.89. The molecule has 4 heteroatoms. The van der Waals surface area contributed by atoms with Crippen LogP contribution < -0.4 is 5.32 Å². The number of hydrogen-bond acceptors (Lipinski definition) is 4. The van der Waals surface area contributed by atoms with Gasteiger partial charge in [-0.15, -0.1) is 0 Å². The molecule has 0 aromatic heterocycles. The topological polar surface area (TPSA) is 72.7 Å². The van der Waals surface area contributed by atoms with Crippen molar-refractivity contribution in [3.8, 4) is 0 Å². The number of nitrogens with one attached hydrogen (secondary N) is 1. The Morgan fingerprint density at radius 3 is 2.21 bits per heavy atom. The van der Waals surface area contributed by atoms with Gasteiger partial charge in [0.25, 0.3) is 0 Å². The maximum atomic E-state index is 9.51. The maximum absolute atomic E-state index is 9.51. The summed E-state index contributed by atoms with van der Waals surface area (Å²) in [6, 6.07) is -0.156. The molecule has 4 nitrogen and oxygen atoms in total. The average Bonchev–Trinajstić information content (AvgIpc) is 2.41. The zero-order chi connectivity index (χ0) is 10.6. The van der Waals surface area contributed by atoms with Crippen LogP contribution in [0.4, 0.5) is 0 Å². The van der Waals surface area contributed by atoms with Gasteiger partial charge in [-0.25, -0.2) is 0 Å². The number of aliphatic hydroxyl groups is 3. The summed E-state index contributed by atoms with van der Waals surface area (Å²) in [7, 11) is 0. The molecule has 1 heterocycles. The molecular weight excluding hydrogens is 182 g/mol. The van der Waals surface area contributed by atoms with Crippen LogP contribution in [0.2, 0.25) is 0 Å². The Morgan fingerprint density at radius 2 is 1.71 bits per heavy atom. The van der Waals surface area contributed by atoms with Gasteiger partial charge in [0.1, 0.15) is 12.3 Å². The largest absolute Gasteiger partial charge is 0.389 e. The summed E-state index contributed by atoms with van der Waals surface area (Å²) in [5.41, 5.74) is 0. The van der Waals surface area contributed by atoms with Gasteiger partial charge in [-0.2, -0.15) is 0 Å². The molecule has 1 rings (SSSR count). The molecule has 1 fully saturated rings. The van der Waals surface area contributed by atoms with Crippen molar-refractivity contribution in [3.05, 3.63) is 0 Å². The number of hydrogen-bond donors (Lipinski definition) is 4. The minimum atomic E-state index is -1.04. The highest BCUT2D eigenvalue weighted by Crippen LogP contribution is 2.18. The smallest absolute Gasteiger partial charge is 0.134 e. The second kappa shape index (κ2) is 5.66. The Hall–Kier alpha value is -0.160. The molecular formula is C10H21NO3. The van der Waals surface area contributed by atoms with Gasteiger partial charge in [0, 0.05) is 6.04 Å². The van der Waals surface area contributed by atoms with Crippen LogP contribution in [-0.2, 0) is 0 Å². The first kappa shape index (κ1) is 11.9. The van der Waals surface area contributed by atoms with Gasteiger partial charge in [0.2, 0.25) is 0 Å². The molecule has 0 aromatic rings. The van der Waals surface area contributed by atoms with Crippen LogP contribution in [0.15, 0.2) is 0 Å². The van der Waals surface area contributed by atoms with E-state index >= 15 is 0 Å². The molecule has 14 heavy (non-hydrogen) atoms. The predicted molar refractivity (Wildman–Crippen MR) is 53.7 cm³/mol. The van der Waals surface area contributed by atoms with Gasteiger partial charge in [-0.05, 0) is 6.42 Å². The third-order valence-electron chi connectivity index (χ3n) is 2.84. The average molecular weight is 203 g/mol. The van der Waals surface area contributed by atoms with Crippen molar-refractivity contribution < 1.29 is 15.3 Å². The monoisotopic (exact) mass is 203 g/mol. The normalized spacial score (nSPS) is 37.7. The van der Waals surface area contributed by atoms with E-state index in [-0.39, 0.29) is 6.04 Å². The first-order chi connectivity index (χ1) is 6.66. The quantitative estimate of drug-likeness (QED) is 0.473. The Bertz CT molecular complexity index is 165. The van der Waals surface area contributed by atoms with Crippen LogP contribution in [0.25, 0.3) is 0 Å². The Balaban J connectivity index is 2.19. The van der Waals surface area contributed by atoms with Crippen LogP contribution in [0.1, 0.15) is 39.0 Å². The molecule has 0 spiro atoms. The van der Waals surface area contributed by atoms with E-state index in [9.17, 15) is 15.3 Å². The Morgan fingerprint density at radius 1 is 1.00 bits per heavy atom. The summed E-state index contributed by atoms with van der Waals surface area (Å²) in [4.78, 5) is 0. The molecule has 0 aromatic carbocycles. The zero-order valence-corrected chi connectivity index (χ0v) is 8.69. The van der Waals surface area contributed by atoms with Gasteiger partial charge in [0.15, 0.2) is 0 Å². The summed E-state index contributed by atoms with van der Waals surface area (Å²) in [5.74, 6) is 0. The van der Waals surface area contributed by atoms with E-state index in [2.05, 4.69) is 12.2 Å². The van der Waals surface area contributed by atoms with Crippen LogP contribution >= 0.6 is 0 Å². The molecule has 1 aliphatic heterocycles. The highest BCUT2D eigenvalue weighted by Gasteiger charge is 2.39. The van der Waals surface area contributed by atoms with Crippen molar-refractivity contribution >= 4 is 0 Å². The van der Waals surface area contributed by atoms with E-state index in [0.717, 1.165) is 19.3 Å². The van der Waals surface area contributed by atoms with Crippen molar-refractivity contribution in [1.82, 2.24) is 5.32 Å². The van der Waals surface area contributed by atoms with Crippen molar-refractivity contribution in [3.63, 3.8) is 0 Å². The van der Waals surface area contributed by atoms with Crippen molar-refractivity contribution in [2.45, 2.75) is 63.5 Å². The van der Waals surface area contributed by atoms with Crippen LogP contribution in [0, 0.1) is 0 Å². The lowest BCUT2D eigenvalue weighted by molar-refractivity contribution is -0.0241. The summed E-state index contributed by atoms with van der Waals surface area (Å²) in [6.07, 6.45) is 2.55. The fourth-order valence-corrected chi connectivity index (χ4v) is 1.89. The lowest BCUT2D eigenvalue weighted by atomic mass is 10.0. The van der Waals surface area contributed by atoms with Crippen molar-refractivity contribution in [2.24, 2.45) is 0 Å². The van der Waals surface area contributed by atoms with Crippen molar-refractivity contribution in [2.75, 3.05) is 0 Å². The minimum absolute atomic E-state index is 0.156. The second-order valence-electron chi connectivity index (χ2n) is 4.05. The van der Waals surface area contributed by atoms with E-state index in [1.165, 1.54) is 12.8 Å². The molecule has 0 aliphatic carbocycles. The predicted octanol–water partition coefficient (Wildman–Crippen LogP) is -0.0312. The van der Waals surface area contributed by atoms with Gasteiger partial charge < -0.3 is 15.3 Å². The lowest BCUT2D eigenvalue weighted by Gasteiger charge is -2.14. The van der Waals surface area contributed by atoms with Crippen LogP contribution in [0.5, 0.6) is 0 Å². The van der Waals surface area contributed by atoms with Gasteiger partial charge in [0.05, 0.1) is 6.10 Å². The summed E-state index contributed by atoms with van der Waals surface area (Å²) in [5, 5.41) is 30.8. The van der Waals surface area contributed by atoms with Crippen molar-refractivity contribution in [1.29, 1.82) is 0 Å². The van der Waals surface area contributed by atoms with Gasteiger partial charge >= 0.3 is 0 Å². The summed E-state index contributed by atoms with van der Waals surface area (Å²) < 4.78 is 0. The molecule has 4 atom stereocenters. The Labute approximate surface area is 85.0 Å². The minimum Gasteiger partial charge on any atom is -0.389 e. The molecule has 0 unspecified atom stereocenters. The van der Waals surface area contributed by atoms with Gasteiger partial charge in [-0.1, -0.05) is 32.6 Å². The summed E-state index contributed by atoms with van der Waals surface area (Å²) >= 11 is 0. The molecule has 0 saturated carbocycles.